The number of fused-ring (bicyclic) bond motifs is 1. The van der Waals surface area contributed by atoms with Crippen molar-refractivity contribution < 1.29 is 9.53 Å². The molecule has 0 radical (unpaired) electrons. The van der Waals surface area contributed by atoms with Crippen LogP contribution < -0.4 is 5.01 Å². The molecule has 0 bridgehead atoms. The first-order chi connectivity index (χ1) is 9.31. The Morgan fingerprint density at radius 1 is 1.37 bits per heavy atom. The highest BCUT2D eigenvalue weighted by atomic mass is 16.5. The van der Waals surface area contributed by atoms with E-state index in [1.165, 1.54) is 0 Å². The number of anilines is 1. The molecule has 19 heavy (non-hydrogen) atoms. The number of carbonyl (C=O) groups is 1. The fourth-order valence-corrected chi connectivity index (χ4v) is 2.26. The second-order valence-electron chi connectivity index (χ2n) is 4.29. The average molecular weight is 256 g/mol. The zero-order valence-electron chi connectivity index (χ0n) is 10.2. The summed E-state index contributed by atoms with van der Waals surface area (Å²) in [5.41, 5.74) is 0.755. The second kappa shape index (κ2) is 4.71. The summed E-state index contributed by atoms with van der Waals surface area (Å²) in [5.74, 6) is -0.317. The third kappa shape index (κ3) is 1.94. The maximum atomic E-state index is 12.1. The number of hydrogen-bond acceptors (Lipinski definition) is 5. The van der Waals surface area contributed by atoms with Crippen molar-refractivity contribution in [2.24, 2.45) is 5.10 Å². The molecule has 1 fully saturated rings. The van der Waals surface area contributed by atoms with Gasteiger partial charge in [0.15, 0.2) is 0 Å². The van der Waals surface area contributed by atoms with Crippen molar-refractivity contribution in [1.29, 1.82) is 5.26 Å². The number of nitriles is 1. The van der Waals surface area contributed by atoms with Crippen LogP contribution in [-0.2, 0) is 9.53 Å². The summed E-state index contributed by atoms with van der Waals surface area (Å²) in [4.78, 5) is 13.7. The van der Waals surface area contributed by atoms with Gasteiger partial charge in [0.05, 0.1) is 18.9 Å². The molecule has 3 rings (SSSR count). The van der Waals surface area contributed by atoms with E-state index in [-0.39, 0.29) is 17.8 Å². The van der Waals surface area contributed by atoms with Crippen molar-refractivity contribution in [3.8, 4) is 6.07 Å². The maximum Gasteiger partial charge on any atom is 0.287 e. The van der Waals surface area contributed by atoms with E-state index >= 15 is 0 Å². The molecule has 2 aliphatic heterocycles. The lowest BCUT2D eigenvalue weighted by Crippen LogP contribution is -2.60. The van der Waals surface area contributed by atoms with E-state index in [1.54, 1.807) is 9.91 Å². The summed E-state index contributed by atoms with van der Waals surface area (Å²) >= 11 is 0. The maximum absolute atomic E-state index is 12.1. The zero-order chi connectivity index (χ0) is 13.2. The molecule has 1 unspecified atom stereocenters. The topological polar surface area (TPSA) is 68.9 Å². The predicted octanol–water partition coefficient (Wildman–Crippen LogP) is 0.571. The van der Waals surface area contributed by atoms with Gasteiger partial charge < -0.3 is 9.64 Å². The van der Waals surface area contributed by atoms with Crippen LogP contribution in [0.5, 0.6) is 0 Å². The minimum absolute atomic E-state index is 0.0815. The molecule has 6 heteroatoms. The normalized spacial score (nSPS) is 22.6. The first-order valence-corrected chi connectivity index (χ1v) is 6.03. The highest BCUT2D eigenvalue weighted by Gasteiger charge is 2.39. The number of rotatable bonds is 1. The number of para-hydroxylation sites is 1. The van der Waals surface area contributed by atoms with E-state index in [1.807, 2.05) is 36.4 Å². The molecular weight excluding hydrogens is 244 g/mol. The third-order valence-electron chi connectivity index (χ3n) is 3.18. The van der Waals surface area contributed by atoms with Crippen LogP contribution in [0.25, 0.3) is 0 Å². The highest BCUT2D eigenvalue weighted by molar-refractivity contribution is 6.45. The molecule has 1 aromatic carbocycles. The van der Waals surface area contributed by atoms with E-state index in [2.05, 4.69) is 5.10 Å². The number of hydrogen-bond donors (Lipinski definition) is 0. The third-order valence-corrected chi connectivity index (χ3v) is 3.18. The van der Waals surface area contributed by atoms with Gasteiger partial charge in [0.25, 0.3) is 5.91 Å². The Labute approximate surface area is 110 Å². The van der Waals surface area contributed by atoms with Crippen LogP contribution in [0.15, 0.2) is 35.4 Å². The van der Waals surface area contributed by atoms with E-state index in [9.17, 15) is 4.79 Å². The van der Waals surface area contributed by atoms with Gasteiger partial charge in [0.2, 0.25) is 5.71 Å². The Balaban J connectivity index is 2.04. The Morgan fingerprint density at radius 3 is 2.89 bits per heavy atom. The van der Waals surface area contributed by atoms with Gasteiger partial charge in [-0.05, 0) is 12.1 Å². The molecule has 2 aliphatic rings. The number of nitrogens with zero attached hydrogens (tertiary/aromatic N) is 4. The number of ether oxygens (including phenoxy) is 1. The smallest absolute Gasteiger partial charge is 0.287 e. The molecule has 0 N–H and O–H groups in total. The minimum Gasteiger partial charge on any atom is -0.375 e. The van der Waals surface area contributed by atoms with Crippen LogP contribution in [0.2, 0.25) is 0 Å². The summed E-state index contributed by atoms with van der Waals surface area (Å²) in [7, 11) is 0. The fraction of sp³-hybridized carbons (Fsp3) is 0.308. The van der Waals surface area contributed by atoms with Crippen molar-refractivity contribution >= 4 is 17.3 Å². The Kier molecular flexibility index (Phi) is 2.89. The van der Waals surface area contributed by atoms with Gasteiger partial charge >= 0.3 is 0 Å². The van der Waals surface area contributed by atoms with Crippen LogP contribution in [-0.4, -0.2) is 42.4 Å². The van der Waals surface area contributed by atoms with Gasteiger partial charge in [-0.15, -0.1) is 0 Å². The molecule has 1 atom stereocenters. The molecule has 1 saturated heterocycles. The molecule has 0 aliphatic carbocycles. The van der Waals surface area contributed by atoms with Gasteiger partial charge in [0, 0.05) is 6.54 Å². The fourth-order valence-electron chi connectivity index (χ4n) is 2.26. The molecule has 2 heterocycles. The molecular formula is C13H12N4O2. The summed E-state index contributed by atoms with van der Waals surface area (Å²) in [5, 5.41) is 14.9. The monoisotopic (exact) mass is 256 g/mol. The molecule has 1 amide bonds. The lowest BCUT2D eigenvalue weighted by Gasteiger charge is -2.43. The van der Waals surface area contributed by atoms with Crippen molar-refractivity contribution in [2.45, 2.75) is 6.17 Å². The predicted molar refractivity (Wildman–Crippen MR) is 68.3 cm³/mol. The van der Waals surface area contributed by atoms with Gasteiger partial charge in [-0.1, -0.05) is 18.2 Å². The van der Waals surface area contributed by atoms with Crippen molar-refractivity contribution in [1.82, 2.24) is 4.90 Å². The van der Waals surface area contributed by atoms with Crippen LogP contribution in [0.4, 0.5) is 5.69 Å². The number of amides is 1. The summed E-state index contributed by atoms with van der Waals surface area (Å²) in [6, 6.07) is 11.3. The summed E-state index contributed by atoms with van der Waals surface area (Å²) < 4.78 is 5.42. The molecule has 0 saturated carbocycles. The highest BCUT2D eigenvalue weighted by Crippen LogP contribution is 2.24. The number of carbonyl (C=O) groups excluding carboxylic acids is 1. The van der Waals surface area contributed by atoms with Gasteiger partial charge in [0.1, 0.15) is 12.2 Å². The molecule has 96 valence electrons. The summed E-state index contributed by atoms with van der Waals surface area (Å²) in [6.07, 6.45) is -0.277. The van der Waals surface area contributed by atoms with Crippen LogP contribution in [0.1, 0.15) is 0 Å². The van der Waals surface area contributed by atoms with E-state index < -0.39 is 0 Å². The van der Waals surface area contributed by atoms with Crippen LogP contribution >= 0.6 is 0 Å². The Morgan fingerprint density at radius 2 is 2.16 bits per heavy atom. The number of benzene rings is 1. The second-order valence-corrected chi connectivity index (χ2v) is 4.29. The van der Waals surface area contributed by atoms with Gasteiger partial charge in [-0.3, -0.25) is 4.79 Å². The lowest BCUT2D eigenvalue weighted by molar-refractivity contribution is -0.133. The van der Waals surface area contributed by atoms with Crippen molar-refractivity contribution in [2.75, 3.05) is 24.8 Å². The largest absolute Gasteiger partial charge is 0.375 e. The molecule has 6 nitrogen and oxygen atoms in total. The molecule has 0 aromatic heterocycles. The first kappa shape index (κ1) is 11.7. The van der Waals surface area contributed by atoms with E-state index in [0.29, 0.717) is 19.8 Å². The minimum atomic E-state index is -0.317. The SMILES string of the molecule is N#CC1=NN(c2ccccc2)C2COCCN2C1=O. The van der Waals surface area contributed by atoms with Gasteiger partial charge in [-0.25, -0.2) is 5.01 Å². The number of hydrazone groups is 1. The zero-order valence-corrected chi connectivity index (χ0v) is 10.2. The van der Waals surface area contributed by atoms with E-state index in [0.717, 1.165) is 5.69 Å². The van der Waals surface area contributed by atoms with Crippen LogP contribution in [0.3, 0.4) is 0 Å². The average Bonchev–Trinajstić information content (AvgIpc) is 2.49. The van der Waals surface area contributed by atoms with E-state index in [4.69, 9.17) is 10.00 Å². The van der Waals surface area contributed by atoms with Crippen LogP contribution in [0, 0.1) is 11.3 Å². The number of morpholine rings is 1. The molecule has 1 aromatic rings. The lowest BCUT2D eigenvalue weighted by atomic mass is 10.2. The van der Waals surface area contributed by atoms with Crippen molar-refractivity contribution in [3.63, 3.8) is 0 Å². The Bertz CT molecular complexity index is 564. The Hall–Kier alpha value is -2.39. The standard InChI is InChI=1S/C13H12N4O2/c14-8-11-13(18)16-6-7-19-9-12(16)17(15-11)10-4-2-1-3-5-10/h1-5,12H,6-7,9H2. The van der Waals surface area contributed by atoms with Crippen molar-refractivity contribution in [3.05, 3.63) is 30.3 Å². The quantitative estimate of drug-likeness (QED) is 0.736. The summed E-state index contributed by atoms with van der Waals surface area (Å²) in [6.45, 7) is 1.36. The first-order valence-electron chi connectivity index (χ1n) is 6.03. The molecule has 0 spiro atoms. The van der Waals surface area contributed by atoms with Gasteiger partial charge in [-0.2, -0.15) is 10.4 Å².